The smallest absolute Gasteiger partial charge is 0.306 e. The van der Waals surface area contributed by atoms with Crippen molar-refractivity contribution in [3.63, 3.8) is 0 Å². The van der Waals surface area contributed by atoms with Crippen molar-refractivity contribution < 1.29 is 18.8 Å². The molecule has 0 aliphatic carbocycles. The number of ether oxygens (including phenoxy) is 2. The van der Waals surface area contributed by atoms with Crippen LogP contribution in [0.5, 0.6) is 5.75 Å². The minimum atomic E-state index is -0.342. The van der Waals surface area contributed by atoms with Crippen LogP contribution >= 0.6 is 11.3 Å². The molecule has 0 aliphatic rings. The van der Waals surface area contributed by atoms with Gasteiger partial charge in [-0.25, -0.2) is 4.98 Å². The average Bonchev–Trinajstić information content (AvgIpc) is 3.47. The van der Waals surface area contributed by atoms with Gasteiger partial charge in [-0.3, -0.25) is 4.79 Å². The van der Waals surface area contributed by atoms with Crippen molar-refractivity contribution in [3.05, 3.63) is 71.1 Å². The Morgan fingerprint density at radius 2 is 1.94 bits per heavy atom. The van der Waals surface area contributed by atoms with E-state index in [0.717, 1.165) is 27.4 Å². The van der Waals surface area contributed by atoms with E-state index in [1.54, 1.807) is 7.11 Å². The van der Waals surface area contributed by atoms with Gasteiger partial charge in [-0.15, -0.1) is 11.3 Å². The molecule has 158 valence electrons. The van der Waals surface area contributed by atoms with Crippen molar-refractivity contribution in [2.45, 2.75) is 26.4 Å². The van der Waals surface area contributed by atoms with Crippen molar-refractivity contribution in [3.8, 4) is 27.7 Å². The molecule has 0 N–H and O–H groups in total. The Bertz CT molecular complexity index is 1170. The van der Waals surface area contributed by atoms with Crippen LogP contribution in [0, 0.1) is 6.92 Å². The maximum Gasteiger partial charge on any atom is 0.306 e. The molecular formula is C23H21N3O4S. The molecule has 0 atom stereocenters. The Kier molecular flexibility index (Phi) is 6.37. The maximum absolute atomic E-state index is 12.1. The molecular weight excluding hydrogens is 414 g/mol. The molecule has 0 radical (unpaired) electrons. The molecule has 2 heterocycles. The highest BCUT2D eigenvalue weighted by Crippen LogP contribution is 2.27. The fraction of sp³-hybridized carbons (Fsp3) is 0.217. The fourth-order valence-corrected chi connectivity index (χ4v) is 3.68. The summed E-state index contributed by atoms with van der Waals surface area (Å²) >= 11 is 1.49. The first-order valence-electron chi connectivity index (χ1n) is 9.75. The number of rotatable bonds is 8. The lowest BCUT2D eigenvalue weighted by atomic mass is 10.1. The first-order valence-corrected chi connectivity index (χ1v) is 10.6. The number of esters is 1. The molecule has 0 aliphatic heterocycles. The zero-order chi connectivity index (χ0) is 21.6. The van der Waals surface area contributed by atoms with E-state index in [1.807, 2.05) is 60.8 Å². The van der Waals surface area contributed by atoms with Gasteiger partial charge in [0, 0.05) is 22.9 Å². The van der Waals surface area contributed by atoms with Crippen molar-refractivity contribution in [1.29, 1.82) is 0 Å². The van der Waals surface area contributed by atoms with Crippen LogP contribution < -0.4 is 4.74 Å². The summed E-state index contributed by atoms with van der Waals surface area (Å²) in [6.45, 7) is 2.14. The van der Waals surface area contributed by atoms with E-state index in [0.29, 0.717) is 23.8 Å². The normalized spacial score (nSPS) is 10.8. The summed E-state index contributed by atoms with van der Waals surface area (Å²) < 4.78 is 15.8. The molecule has 0 fully saturated rings. The number of carbonyl (C=O) groups is 1. The minimum Gasteiger partial charge on any atom is -0.497 e. The molecule has 0 saturated carbocycles. The molecule has 2 aromatic carbocycles. The Morgan fingerprint density at radius 3 is 2.74 bits per heavy atom. The summed E-state index contributed by atoms with van der Waals surface area (Å²) in [6.07, 6.45) is 0.478. The molecule has 8 heteroatoms. The molecule has 31 heavy (non-hydrogen) atoms. The SMILES string of the molecule is COc1cccc(-c2nc(COC(=O)CCc3nc(-c4ccc(C)cc4)no3)cs2)c1. The summed E-state index contributed by atoms with van der Waals surface area (Å²) in [5.74, 6) is 1.34. The highest BCUT2D eigenvalue weighted by atomic mass is 32.1. The summed E-state index contributed by atoms with van der Waals surface area (Å²) in [5.41, 5.74) is 3.70. The van der Waals surface area contributed by atoms with E-state index in [2.05, 4.69) is 15.1 Å². The summed E-state index contributed by atoms with van der Waals surface area (Å²) in [5, 5.41) is 6.71. The van der Waals surface area contributed by atoms with Crippen LogP contribution in [0.2, 0.25) is 0 Å². The number of methoxy groups -OCH3 is 1. The third kappa shape index (κ3) is 5.35. The molecule has 2 aromatic heterocycles. The quantitative estimate of drug-likeness (QED) is 0.366. The standard InChI is InChI=1S/C23H21N3O4S/c1-15-6-8-16(9-7-15)22-25-20(30-26-22)10-11-21(27)29-13-18-14-31-23(24-18)17-4-3-5-19(12-17)28-2/h3-9,12,14H,10-11,13H2,1-2H3. The number of aromatic nitrogens is 3. The lowest BCUT2D eigenvalue weighted by Crippen LogP contribution is -2.06. The largest absolute Gasteiger partial charge is 0.497 e. The second-order valence-corrected chi connectivity index (χ2v) is 7.77. The van der Waals surface area contributed by atoms with Crippen molar-refractivity contribution in [2.24, 2.45) is 0 Å². The van der Waals surface area contributed by atoms with Crippen molar-refractivity contribution in [2.75, 3.05) is 7.11 Å². The van der Waals surface area contributed by atoms with E-state index in [-0.39, 0.29) is 19.0 Å². The van der Waals surface area contributed by atoms with Gasteiger partial charge in [0.25, 0.3) is 0 Å². The van der Waals surface area contributed by atoms with Crippen molar-refractivity contribution in [1.82, 2.24) is 15.1 Å². The average molecular weight is 436 g/mol. The van der Waals surface area contributed by atoms with Gasteiger partial charge < -0.3 is 14.0 Å². The highest BCUT2D eigenvalue weighted by molar-refractivity contribution is 7.13. The first kappa shape index (κ1) is 20.7. The summed E-state index contributed by atoms with van der Waals surface area (Å²) in [7, 11) is 1.63. The van der Waals surface area contributed by atoms with Gasteiger partial charge in [-0.1, -0.05) is 47.1 Å². The molecule has 4 aromatic rings. The van der Waals surface area contributed by atoms with E-state index in [9.17, 15) is 4.79 Å². The number of thiazole rings is 1. The molecule has 0 bridgehead atoms. The third-order valence-electron chi connectivity index (χ3n) is 4.57. The third-order valence-corrected chi connectivity index (χ3v) is 5.51. The molecule has 0 saturated heterocycles. The van der Waals surface area contributed by atoms with Gasteiger partial charge in [0.1, 0.15) is 17.4 Å². The predicted octanol–water partition coefficient (Wildman–Crippen LogP) is 4.85. The molecule has 0 unspecified atom stereocenters. The number of nitrogens with zero attached hydrogens (tertiary/aromatic N) is 3. The van der Waals surface area contributed by atoms with Gasteiger partial charge in [0.05, 0.1) is 19.2 Å². The Morgan fingerprint density at radius 1 is 1.10 bits per heavy atom. The summed E-state index contributed by atoms with van der Waals surface area (Å²) in [4.78, 5) is 21.0. The molecule has 0 spiro atoms. The lowest BCUT2D eigenvalue weighted by molar-refractivity contribution is -0.145. The van der Waals surface area contributed by atoms with E-state index in [4.69, 9.17) is 14.0 Å². The Hall–Kier alpha value is -3.52. The zero-order valence-electron chi connectivity index (χ0n) is 17.2. The van der Waals surface area contributed by atoms with Crippen LogP contribution in [-0.4, -0.2) is 28.2 Å². The van der Waals surface area contributed by atoms with E-state index >= 15 is 0 Å². The van der Waals surface area contributed by atoms with Crippen molar-refractivity contribution >= 4 is 17.3 Å². The zero-order valence-corrected chi connectivity index (χ0v) is 18.0. The number of hydrogen-bond acceptors (Lipinski definition) is 8. The maximum atomic E-state index is 12.1. The number of benzene rings is 2. The van der Waals surface area contributed by atoms with E-state index < -0.39 is 0 Å². The van der Waals surface area contributed by atoms with Crippen LogP contribution in [0.25, 0.3) is 22.0 Å². The second-order valence-electron chi connectivity index (χ2n) is 6.91. The van der Waals surface area contributed by atoms with Gasteiger partial charge >= 0.3 is 5.97 Å². The number of aryl methyl sites for hydroxylation is 2. The number of carbonyl (C=O) groups excluding carboxylic acids is 1. The van der Waals surface area contributed by atoms with Gasteiger partial charge in [-0.05, 0) is 19.1 Å². The van der Waals surface area contributed by atoms with Gasteiger partial charge in [0.2, 0.25) is 11.7 Å². The minimum absolute atomic E-state index is 0.123. The Balaban J connectivity index is 1.27. The monoisotopic (exact) mass is 435 g/mol. The van der Waals surface area contributed by atoms with Crippen LogP contribution in [0.1, 0.15) is 23.6 Å². The highest BCUT2D eigenvalue weighted by Gasteiger charge is 2.13. The van der Waals surface area contributed by atoms with E-state index in [1.165, 1.54) is 11.3 Å². The van der Waals surface area contributed by atoms with Crippen LogP contribution in [0.15, 0.2) is 58.4 Å². The molecule has 4 rings (SSSR count). The molecule has 7 nitrogen and oxygen atoms in total. The topological polar surface area (TPSA) is 87.3 Å². The van der Waals surface area contributed by atoms with Crippen LogP contribution in [0.4, 0.5) is 0 Å². The Labute approximate surface area is 183 Å². The summed E-state index contributed by atoms with van der Waals surface area (Å²) in [6, 6.07) is 15.5. The predicted molar refractivity (Wildman–Crippen MR) is 117 cm³/mol. The number of hydrogen-bond donors (Lipinski definition) is 0. The first-order chi connectivity index (χ1) is 15.1. The van der Waals surface area contributed by atoms with Crippen LogP contribution in [0.3, 0.4) is 0 Å². The van der Waals surface area contributed by atoms with Crippen LogP contribution in [-0.2, 0) is 22.6 Å². The molecule has 0 amide bonds. The fourth-order valence-electron chi connectivity index (χ4n) is 2.87. The van der Waals surface area contributed by atoms with Gasteiger partial charge in [0.15, 0.2) is 0 Å². The van der Waals surface area contributed by atoms with Gasteiger partial charge in [-0.2, -0.15) is 4.98 Å². The lowest BCUT2D eigenvalue weighted by Gasteiger charge is -2.02. The second kappa shape index (κ2) is 9.53.